The lowest BCUT2D eigenvalue weighted by Gasteiger charge is -2.29. The van der Waals surface area contributed by atoms with Gasteiger partial charge in [0.15, 0.2) is 5.82 Å². The first kappa shape index (κ1) is 11.9. The van der Waals surface area contributed by atoms with E-state index in [2.05, 4.69) is 27.5 Å². The minimum atomic E-state index is -0.122. The molecule has 1 amide bonds. The van der Waals surface area contributed by atoms with Crippen LogP contribution < -0.4 is 11.1 Å². The van der Waals surface area contributed by atoms with Gasteiger partial charge in [0.25, 0.3) is 5.91 Å². The Morgan fingerprint density at radius 1 is 1.53 bits per heavy atom. The Morgan fingerprint density at radius 3 is 2.71 bits per heavy atom. The first-order chi connectivity index (χ1) is 8.08. The maximum atomic E-state index is 12.0. The molecule has 0 saturated carbocycles. The van der Waals surface area contributed by atoms with Crippen LogP contribution in [0.4, 0.5) is 5.82 Å². The van der Waals surface area contributed by atoms with Crippen LogP contribution >= 0.6 is 0 Å². The second-order valence-corrected chi connectivity index (χ2v) is 4.66. The maximum absolute atomic E-state index is 12.0. The Labute approximate surface area is 101 Å². The number of hydrogen-bond acceptors (Lipinski definition) is 4. The zero-order valence-electron chi connectivity index (χ0n) is 10.3. The van der Waals surface area contributed by atoms with E-state index in [0.717, 1.165) is 25.9 Å². The van der Waals surface area contributed by atoms with Crippen LogP contribution in [0.15, 0.2) is 0 Å². The Bertz CT molecular complexity index is 386. The first-order valence-corrected chi connectivity index (χ1v) is 5.87. The Morgan fingerprint density at radius 2 is 2.18 bits per heavy atom. The fourth-order valence-corrected chi connectivity index (χ4v) is 2.15. The second-order valence-electron chi connectivity index (χ2n) is 4.66. The first-order valence-electron chi connectivity index (χ1n) is 5.87. The normalized spacial score (nSPS) is 18.2. The van der Waals surface area contributed by atoms with Crippen LogP contribution in [0.1, 0.15) is 28.9 Å². The molecule has 0 spiro atoms. The number of nitrogens with two attached hydrogens (primary N) is 1. The average Bonchev–Trinajstić information content (AvgIpc) is 2.62. The molecule has 0 aliphatic carbocycles. The van der Waals surface area contributed by atoms with Crippen molar-refractivity contribution < 1.29 is 4.79 Å². The summed E-state index contributed by atoms with van der Waals surface area (Å²) < 4.78 is 0. The second kappa shape index (κ2) is 4.75. The van der Waals surface area contributed by atoms with E-state index in [1.54, 1.807) is 6.92 Å². The lowest BCUT2D eigenvalue weighted by molar-refractivity contribution is 0.0917. The number of nitrogen functional groups attached to an aromatic ring is 1. The third-order valence-corrected chi connectivity index (χ3v) is 3.26. The van der Waals surface area contributed by atoms with Crippen LogP contribution in [0.3, 0.4) is 0 Å². The number of amides is 1. The molecule has 1 saturated heterocycles. The van der Waals surface area contributed by atoms with Gasteiger partial charge in [-0.1, -0.05) is 0 Å². The van der Waals surface area contributed by atoms with Gasteiger partial charge in [-0.15, -0.1) is 0 Å². The van der Waals surface area contributed by atoms with Crippen molar-refractivity contribution in [1.29, 1.82) is 0 Å². The van der Waals surface area contributed by atoms with Gasteiger partial charge in [-0.25, -0.2) is 0 Å². The summed E-state index contributed by atoms with van der Waals surface area (Å²) in [5, 5.41) is 9.56. The molecule has 0 unspecified atom stereocenters. The topological polar surface area (TPSA) is 87.0 Å². The fourth-order valence-electron chi connectivity index (χ4n) is 2.15. The molecular formula is C11H19N5O. The molecule has 6 heteroatoms. The van der Waals surface area contributed by atoms with Crippen LogP contribution in [0.5, 0.6) is 0 Å². The quantitative estimate of drug-likeness (QED) is 0.682. The summed E-state index contributed by atoms with van der Waals surface area (Å²) in [6.07, 6.45) is 1.97. The van der Waals surface area contributed by atoms with E-state index in [9.17, 15) is 4.79 Å². The molecule has 1 aromatic heterocycles. The number of anilines is 1. The summed E-state index contributed by atoms with van der Waals surface area (Å²) in [6.45, 7) is 3.84. The summed E-state index contributed by atoms with van der Waals surface area (Å²) in [5.41, 5.74) is 6.85. The molecule has 94 valence electrons. The molecule has 6 nitrogen and oxygen atoms in total. The lowest BCUT2D eigenvalue weighted by Crippen LogP contribution is -2.43. The van der Waals surface area contributed by atoms with Crippen molar-refractivity contribution in [2.45, 2.75) is 25.8 Å². The number of aromatic nitrogens is 2. The van der Waals surface area contributed by atoms with E-state index in [0.29, 0.717) is 11.3 Å². The lowest BCUT2D eigenvalue weighted by atomic mass is 10.0. The average molecular weight is 237 g/mol. The van der Waals surface area contributed by atoms with Gasteiger partial charge >= 0.3 is 0 Å². The van der Waals surface area contributed by atoms with Gasteiger partial charge in [0.05, 0.1) is 0 Å². The molecule has 0 aromatic carbocycles. The molecule has 0 radical (unpaired) electrons. The van der Waals surface area contributed by atoms with Gasteiger partial charge in [-0.05, 0) is 39.9 Å². The van der Waals surface area contributed by atoms with Gasteiger partial charge in [0.2, 0.25) is 0 Å². The molecular weight excluding hydrogens is 218 g/mol. The predicted molar refractivity (Wildman–Crippen MR) is 65.7 cm³/mol. The van der Waals surface area contributed by atoms with Gasteiger partial charge in [0.1, 0.15) is 5.56 Å². The number of carbonyl (C=O) groups excluding carboxylic acids is 1. The zero-order chi connectivity index (χ0) is 12.4. The van der Waals surface area contributed by atoms with Crippen LogP contribution in [0, 0.1) is 6.92 Å². The van der Waals surface area contributed by atoms with E-state index in [1.807, 2.05) is 0 Å². The van der Waals surface area contributed by atoms with E-state index in [1.165, 1.54) is 0 Å². The van der Waals surface area contributed by atoms with Crippen LogP contribution in [0.2, 0.25) is 0 Å². The number of likely N-dealkylation sites (tertiary alicyclic amines) is 1. The van der Waals surface area contributed by atoms with E-state index >= 15 is 0 Å². The van der Waals surface area contributed by atoms with Crippen molar-refractivity contribution in [1.82, 2.24) is 20.4 Å². The molecule has 1 fully saturated rings. The fraction of sp³-hybridized carbons (Fsp3) is 0.636. The number of aryl methyl sites for hydroxylation is 1. The highest BCUT2D eigenvalue weighted by atomic mass is 16.1. The SMILES string of the molecule is Cc1[nH]nc(N)c1C(=O)NC1CCN(C)CC1. The monoisotopic (exact) mass is 237 g/mol. The van der Waals surface area contributed by atoms with Crippen LogP contribution in [-0.4, -0.2) is 47.2 Å². The Balaban J connectivity index is 1.98. The van der Waals surface area contributed by atoms with E-state index in [4.69, 9.17) is 5.73 Å². The summed E-state index contributed by atoms with van der Waals surface area (Å²) >= 11 is 0. The van der Waals surface area contributed by atoms with Crippen molar-refractivity contribution in [3.63, 3.8) is 0 Å². The van der Waals surface area contributed by atoms with E-state index < -0.39 is 0 Å². The summed E-state index contributed by atoms with van der Waals surface area (Å²) in [4.78, 5) is 14.3. The zero-order valence-corrected chi connectivity index (χ0v) is 10.3. The molecule has 1 aromatic rings. The number of H-pyrrole nitrogens is 1. The minimum Gasteiger partial charge on any atom is -0.382 e. The van der Waals surface area contributed by atoms with Gasteiger partial charge in [-0.2, -0.15) is 5.10 Å². The van der Waals surface area contributed by atoms with Crippen molar-refractivity contribution in [2.75, 3.05) is 25.9 Å². The number of aromatic amines is 1. The Hall–Kier alpha value is -1.56. The number of nitrogens with zero attached hydrogens (tertiary/aromatic N) is 2. The highest BCUT2D eigenvalue weighted by Crippen LogP contribution is 2.14. The smallest absolute Gasteiger partial charge is 0.257 e. The van der Waals surface area contributed by atoms with Crippen molar-refractivity contribution in [2.24, 2.45) is 0 Å². The largest absolute Gasteiger partial charge is 0.382 e. The molecule has 0 bridgehead atoms. The number of piperidine rings is 1. The summed E-state index contributed by atoms with van der Waals surface area (Å²) in [6, 6.07) is 0.243. The van der Waals surface area contributed by atoms with Crippen molar-refractivity contribution in [3.05, 3.63) is 11.3 Å². The Kier molecular flexibility index (Phi) is 3.33. The third kappa shape index (κ3) is 2.58. The highest BCUT2D eigenvalue weighted by molar-refractivity contribution is 5.99. The maximum Gasteiger partial charge on any atom is 0.257 e. The number of rotatable bonds is 2. The number of carbonyl (C=O) groups is 1. The molecule has 2 rings (SSSR count). The standard InChI is InChI=1S/C11H19N5O/c1-7-9(10(12)15-14-7)11(17)13-8-3-5-16(2)6-4-8/h8H,3-6H2,1-2H3,(H,13,17)(H3,12,14,15). The number of nitrogens with one attached hydrogen (secondary N) is 2. The summed E-state index contributed by atoms with van der Waals surface area (Å²) in [7, 11) is 2.09. The van der Waals surface area contributed by atoms with Crippen molar-refractivity contribution >= 4 is 11.7 Å². The van der Waals surface area contributed by atoms with Crippen LogP contribution in [0.25, 0.3) is 0 Å². The minimum absolute atomic E-state index is 0.122. The predicted octanol–water partition coefficient (Wildman–Crippen LogP) is 0.124. The molecule has 4 N–H and O–H groups in total. The van der Waals surface area contributed by atoms with Gasteiger partial charge in [-0.3, -0.25) is 9.89 Å². The number of hydrogen-bond donors (Lipinski definition) is 3. The van der Waals surface area contributed by atoms with Crippen LogP contribution in [-0.2, 0) is 0 Å². The molecule has 17 heavy (non-hydrogen) atoms. The van der Waals surface area contributed by atoms with Crippen molar-refractivity contribution in [3.8, 4) is 0 Å². The molecule has 0 atom stereocenters. The van der Waals surface area contributed by atoms with E-state index in [-0.39, 0.29) is 17.8 Å². The third-order valence-electron chi connectivity index (χ3n) is 3.26. The van der Waals surface area contributed by atoms with Gasteiger partial charge < -0.3 is 16.0 Å². The highest BCUT2D eigenvalue weighted by Gasteiger charge is 2.22. The molecule has 1 aliphatic rings. The molecule has 1 aliphatic heterocycles. The van der Waals surface area contributed by atoms with Gasteiger partial charge in [0, 0.05) is 11.7 Å². The summed E-state index contributed by atoms with van der Waals surface area (Å²) in [5.74, 6) is 0.149. The molecule has 2 heterocycles.